The van der Waals surface area contributed by atoms with Crippen LogP contribution in [0.3, 0.4) is 0 Å². The Bertz CT molecular complexity index is 793. The van der Waals surface area contributed by atoms with Crippen LogP contribution in [0.25, 0.3) is 0 Å². The average Bonchev–Trinajstić information content (AvgIpc) is 2.56. The summed E-state index contributed by atoms with van der Waals surface area (Å²) in [6.07, 6.45) is 2.18. The highest BCUT2D eigenvalue weighted by atomic mass is 31.1. The Hall–Kier alpha value is -1.66. The van der Waals surface area contributed by atoms with Crippen molar-refractivity contribution in [3.63, 3.8) is 0 Å². The van der Waals surface area contributed by atoms with Gasteiger partial charge < -0.3 is 4.74 Å². The standard InChI is InChI=1S/C24H33O2P/c1-8-9-12-26-20-10-11-21(16(2)15-20)27-23(25)22-17(3)13-19(14-18(22)4)24(5,6)7/h10-11,13-15,27H,8-9,12H2,1-7H3. The maximum absolute atomic E-state index is 13.0. The molecule has 0 N–H and O–H groups in total. The molecule has 2 aromatic carbocycles. The molecule has 0 aromatic heterocycles. The van der Waals surface area contributed by atoms with Crippen LogP contribution in [0.1, 0.15) is 73.1 Å². The molecule has 2 aromatic rings. The molecule has 146 valence electrons. The van der Waals surface area contributed by atoms with Crippen LogP contribution in [-0.4, -0.2) is 12.1 Å². The van der Waals surface area contributed by atoms with Gasteiger partial charge in [-0.1, -0.05) is 52.3 Å². The first kappa shape index (κ1) is 21.6. The molecular formula is C24H33O2P. The summed E-state index contributed by atoms with van der Waals surface area (Å²) in [7, 11) is 0.135. The number of carbonyl (C=O) groups is 1. The Kier molecular flexibility index (Phi) is 7.23. The van der Waals surface area contributed by atoms with Gasteiger partial charge in [-0.05, 0) is 80.9 Å². The number of hydrogen-bond acceptors (Lipinski definition) is 2. The van der Waals surface area contributed by atoms with E-state index in [4.69, 9.17) is 4.74 Å². The van der Waals surface area contributed by atoms with Gasteiger partial charge in [0, 0.05) is 5.56 Å². The van der Waals surface area contributed by atoms with Crippen molar-refractivity contribution in [2.24, 2.45) is 0 Å². The molecule has 0 amide bonds. The number of rotatable bonds is 7. The third-order valence-electron chi connectivity index (χ3n) is 4.84. The summed E-state index contributed by atoms with van der Waals surface area (Å²) in [5, 5.41) is 1.10. The van der Waals surface area contributed by atoms with Gasteiger partial charge in [0.2, 0.25) is 0 Å². The molecule has 0 aliphatic heterocycles. The smallest absolute Gasteiger partial charge is 0.186 e. The largest absolute Gasteiger partial charge is 0.494 e. The molecule has 0 saturated heterocycles. The molecule has 0 aliphatic carbocycles. The van der Waals surface area contributed by atoms with Crippen LogP contribution in [0.5, 0.6) is 5.75 Å². The number of benzene rings is 2. The molecular weight excluding hydrogens is 351 g/mol. The van der Waals surface area contributed by atoms with Gasteiger partial charge in [0.25, 0.3) is 0 Å². The highest BCUT2D eigenvalue weighted by molar-refractivity contribution is 7.66. The quantitative estimate of drug-likeness (QED) is 0.418. The molecule has 1 unspecified atom stereocenters. The normalized spacial score (nSPS) is 12.0. The van der Waals surface area contributed by atoms with Gasteiger partial charge >= 0.3 is 0 Å². The average molecular weight is 385 g/mol. The Morgan fingerprint density at radius 3 is 2.15 bits per heavy atom. The second-order valence-corrected chi connectivity index (χ2v) is 9.61. The Labute approximate surface area is 166 Å². The minimum Gasteiger partial charge on any atom is -0.494 e. The minimum atomic E-state index is 0.0869. The molecule has 27 heavy (non-hydrogen) atoms. The second-order valence-electron chi connectivity index (χ2n) is 8.37. The van der Waals surface area contributed by atoms with Crippen molar-refractivity contribution in [1.82, 2.24) is 0 Å². The molecule has 3 heteroatoms. The van der Waals surface area contributed by atoms with Gasteiger partial charge in [-0.2, -0.15) is 0 Å². The monoisotopic (exact) mass is 384 g/mol. The van der Waals surface area contributed by atoms with E-state index in [-0.39, 0.29) is 19.5 Å². The van der Waals surface area contributed by atoms with Crippen molar-refractivity contribution in [1.29, 1.82) is 0 Å². The maximum Gasteiger partial charge on any atom is 0.186 e. The molecule has 0 heterocycles. The Morgan fingerprint density at radius 1 is 1.00 bits per heavy atom. The first-order valence-corrected chi connectivity index (χ1v) is 10.8. The topological polar surface area (TPSA) is 26.3 Å². The zero-order valence-electron chi connectivity index (χ0n) is 17.8. The summed E-state index contributed by atoms with van der Waals surface area (Å²) in [6.45, 7) is 15.7. The predicted molar refractivity (Wildman–Crippen MR) is 118 cm³/mol. The highest BCUT2D eigenvalue weighted by Crippen LogP contribution is 2.31. The van der Waals surface area contributed by atoms with Gasteiger partial charge in [0.15, 0.2) is 5.52 Å². The fraction of sp³-hybridized carbons (Fsp3) is 0.458. The van der Waals surface area contributed by atoms with E-state index in [2.05, 4.69) is 60.6 Å². The van der Waals surface area contributed by atoms with Gasteiger partial charge in [0.1, 0.15) is 5.75 Å². The van der Waals surface area contributed by atoms with Gasteiger partial charge in [0.05, 0.1) is 6.61 Å². The third kappa shape index (κ3) is 5.66. The zero-order valence-corrected chi connectivity index (χ0v) is 18.8. The summed E-state index contributed by atoms with van der Waals surface area (Å²) in [5.74, 6) is 0.892. The Morgan fingerprint density at radius 2 is 1.63 bits per heavy atom. The summed E-state index contributed by atoms with van der Waals surface area (Å²) < 4.78 is 5.77. The van der Waals surface area contributed by atoms with Crippen LogP contribution in [0.2, 0.25) is 0 Å². The molecule has 2 rings (SSSR count). The molecule has 0 radical (unpaired) electrons. The van der Waals surface area contributed by atoms with Crippen molar-refractivity contribution >= 4 is 19.4 Å². The van der Waals surface area contributed by atoms with Crippen LogP contribution in [0.4, 0.5) is 0 Å². The number of unbranched alkanes of at least 4 members (excludes halogenated alkanes) is 1. The zero-order chi connectivity index (χ0) is 20.2. The lowest BCUT2D eigenvalue weighted by atomic mass is 9.84. The summed E-state index contributed by atoms with van der Waals surface area (Å²) in [5.41, 5.74) is 5.74. The predicted octanol–water partition coefficient (Wildman–Crippen LogP) is 6.23. The van der Waals surface area contributed by atoms with Crippen molar-refractivity contribution in [2.75, 3.05) is 6.61 Å². The van der Waals surface area contributed by atoms with Crippen molar-refractivity contribution in [3.05, 3.63) is 58.1 Å². The molecule has 0 spiro atoms. The van der Waals surface area contributed by atoms with Gasteiger partial charge in [-0.3, -0.25) is 4.79 Å². The first-order chi connectivity index (χ1) is 12.6. The maximum atomic E-state index is 13.0. The van der Waals surface area contributed by atoms with Crippen molar-refractivity contribution in [2.45, 2.75) is 66.7 Å². The van der Waals surface area contributed by atoms with E-state index >= 15 is 0 Å². The van der Waals surface area contributed by atoms with Gasteiger partial charge in [-0.25, -0.2) is 0 Å². The van der Waals surface area contributed by atoms with E-state index in [0.29, 0.717) is 0 Å². The lowest BCUT2D eigenvalue weighted by Crippen LogP contribution is -2.14. The number of aryl methyl sites for hydroxylation is 3. The summed E-state index contributed by atoms with van der Waals surface area (Å²) in [4.78, 5) is 13.0. The van der Waals surface area contributed by atoms with E-state index in [9.17, 15) is 4.79 Å². The molecule has 0 bridgehead atoms. The molecule has 0 saturated carbocycles. The Balaban J connectivity index is 2.20. The van der Waals surface area contributed by atoms with Crippen LogP contribution < -0.4 is 10.0 Å². The highest BCUT2D eigenvalue weighted by Gasteiger charge is 2.20. The second kappa shape index (κ2) is 9.02. The van der Waals surface area contributed by atoms with Gasteiger partial charge in [-0.15, -0.1) is 0 Å². The van der Waals surface area contributed by atoms with E-state index in [1.807, 2.05) is 18.2 Å². The number of ether oxygens (including phenoxy) is 1. The van der Waals surface area contributed by atoms with E-state index in [1.165, 1.54) is 5.56 Å². The van der Waals surface area contributed by atoms with E-state index < -0.39 is 0 Å². The van der Waals surface area contributed by atoms with Crippen molar-refractivity contribution in [3.8, 4) is 5.75 Å². The van der Waals surface area contributed by atoms with Crippen LogP contribution in [-0.2, 0) is 5.41 Å². The van der Waals surface area contributed by atoms with E-state index in [1.54, 1.807) is 0 Å². The number of carbonyl (C=O) groups excluding carboxylic acids is 1. The van der Waals surface area contributed by atoms with E-state index in [0.717, 1.165) is 52.8 Å². The van der Waals surface area contributed by atoms with Crippen LogP contribution in [0, 0.1) is 20.8 Å². The first-order valence-electron chi connectivity index (χ1n) is 9.80. The fourth-order valence-electron chi connectivity index (χ4n) is 3.14. The lowest BCUT2D eigenvalue weighted by molar-refractivity contribution is 0.108. The number of hydrogen-bond donors (Lipinski definition) is 0. The molecule has 0 fully saturated rings. The van der Waals surface area contributed by atoms with Crippen LogP contribution in [0.15, 0.2) is 30.3 Å². The molecule has 0 aliphatic rings. The summed E-state index contributed by atoms with van der Waals surface area (Å²) >= 11 is 0. The lowest BCUT2D eigenvalue weighted by Gasteiger charge is -2.22. The van der Waals surface area contributed by atoms with Crippen molar-refractivity contribution < 1.29 is 9.53 Å². The minimum absolute atomic E-state index is 0.0869. The fourth-order valence-corrected chi connectivity index (χ4v) is 4.34. The molecule has 1 atom stereocenters. The third-order valence-corrected chi connectivity index (χ3v) is 6.15. The SMILES string of the molecule is CCCCOc1ccc(PC(=O)c2c(C)cc(C(C)(C)C)cc2C)c(C)c1. The molecule has 2 nitrogen and oxygen atoms in total. The summed E-state index contributed by atoms with van der Waals surface area (Å²) in [6, 6.07) is 10.4. The van der Waals surface area contributed by atoms with Crippen LogP contribution >= 0.6 is 8.58 Å².